The van der Waals surface area contributed by atoms with Crippen LogP contribution < -0.4 is 5.32 Å². The molecule has 1 nitrogen and oxygen atoms in total. The second-order valence-corrected chi connectivity index (χ2v) is 4.83. The monoisotopic (exact) mass is 211 g/mol. The molecule has 1 heterocycles. The highest BCUT2D eigenvalue weighted by Gasteiger charge is 1.97. The average Bonchev–Trinajstić information content (AvgIpc) is 2.65. The Morgan fingerprint density at radius 1 is 1.14 bits per heavy atom. The van der Waals surface area contributed by atoms with E-state index in [1.807, 2.05) is 11.3 Å². The third kappa shape index (κ3) is 4.25. The third-order valence-corrected chi connectivity index (χ3v) is 3.56. The lowest BCUT2D eigenvalue weighted by Crippen LogP contribution is -2.16. The van der Waals surface area contributed by atoms with Gasteiger partial charge in [-0.2, -0.15) is 0 Å². The molecule has 14 heavy (non-hydrogen) atoms. The molecule has 0 radical (unpaired) electrons. The maximum absolute atomic E-state index is 3.43. The minimum Gasteiger partial charge on any atom is -0.317 e. The molecule has 2 heteroatoms. The zero-order valence-corrected chi connectivity index (χ0v) is 10.1. The fourth-order valence-electron chi connectivity index (χ4n) is 1.44. The van der Waals surface area contributed by atoms with E-state index in [2.05, 4.69) is 31.3 Å². The van der Waals surface area contributed by atoms with Crippen molar-refractivity contribution in [1.29, 1.82) is 0 Å². The second kappa shape index (κ2) is 7.02. The predicted octanol–water partition coefficient (Wildman–Crippen LogP) is 3.24. The molecule has 0 unspecified atom stereocenters. The fraction of sp³-hybridized carbons (Fsp3) is 0.667. The normalized spacial score (nSPS) is 10.7. The van der Waals surface area contributed by atoms with Gasteiger partial charge < -0.3 is 5.32 Å². The van der Waals surface area contributed by atoms with Crippen LogP contribution in [0.25, 0.3) is 0 Å². The fourth-order valence-corrected chi connectivity index (χ4v) is 2.44. The number of thiophene rings is 1. The van der Waals surface area contributed by atoms with Gasteiger partial charge in [-0.3, -0.25) is 0 Å². The predicted molar refractivity (Wildman–Crippen MR) is 65.2 cm³/mol. The molecule has 1 N–H and O–H groups in total. The van der Waals surface area contributed by atoms with E-state index in [1.165, 1.54) is 30.6 Å². The number of hydrogen-bond acceptors (Lipinski definition) is 2. The molecule has 0 aliphatic heterocycles. The molecule has 1 rings (SSSR count). The van der Waals surface area contributed by atoms with E-state index in [1.54, 1.807) is 4.88 Å². The van der Waals surface area contributed by atoms with Crippen LogP contribution in [0.15, 0.2) is 12.1 Å². The van der Waals surface area contributed by atoms with Gasteiger partial charge in [-0.05, 0) is 50.9 Å². The Morgan fingerprint density at radius 2 is 1.93 bits per heavy atom. The Labute approximate surface area is 91.5 Å². The van der Waals surface area contributed by atoms with E-state index in [-0.39, 0.29) is 0 Å². The van der Waals surface area contributed by atoms with Crippen molar-refractivity contribution in [3.8, 4) is 0 Å². The molecule has 1 aromatic heterocycles. The van der Waals surface area contributed by atoms with Gasteiger partial charge in [-0.15, -0.1) is 11.3 Å². The van der Waals surface area contributed by atoms with Crippen molar-refractivity contribution < 1.29 is 0 Å². The first kappa shape index (κ1) is 11.7. The molecule has 0 spiro atoms. The SMILES string of the molecule is CCCNCCCc1ccc(CC)s1. The van der Waals surface area contributed by atoms with Gasteiger partial charge >= 0.3 is 0 Å². The van der Waals surface area contributed by atoms with Gasteiger partial charge in [0.1, 0.15) is 0 Å². The smallest absolute Gasteiger partial charge is 0.00486 e. The Morgan fingerprint density at radius 3 is 2.57 bits per heavy atom. The number of aryl methyl sites for hydroxylation is 2. The van der Waals surface area contributed by atoms with E-state index >= 15 is 0 Å². The number of hydrogen-bond donors (Lipinski definition) is 1. The zero-order valence-electron chi connectivity index (χ0n) is 9.31. The van der Waals surface area contributed by atoms with Crippen LogP contribution >= 0.6 is 11.3 Å². The van der Waals surface area contributed by atoms with Crippen molar-refractivity contribution >= 4 is 11.3 Å². The summed E-state index contributed by atoms with van der Waals surface area (Å²) in [6.07, 6.45) is 4.92. The number of rotatable bonds is 7. The highest BCUT2D eigenvalue weighted by molar-refractivity contribution is 7.11. The molecule has 0 bridgehead atoms. The van der Waals surface area contributed by atoms with Gasteiger partial charge in [0.15, 0.2) is 0 Å². The van der Waals surface area contributed by atoms with Crippen molar-refractivity contribution in [2.45, 2.75) is 39.5 Å². The Hall–Kier alpha value is -0.340. The quantitative estimate of drug-likeness (QED) is 0.683. The Bertz CT molecular complexity index is 242. The summed E-state index contributed by atoms with van der Waals surface area (Å²) in [6, 6.07) is 4.54. The first-order valence-corrected chi connectivity index (χ1v) is 6.46. The van der Waals surface area contributed by atoms with Gasteiger partial charge in [-0.25, -0.2) is 0 Å². The van der Waals surface area contributed by atoms with Crippen LogP contribution in [-0.2, 0) is 12.8 Å². The van der Waals surface area contributed by atoms with Gasteiger partial charge in [-0.1, -0.05) is 13.8 Å². The maximum atomic E-state index is 3.43. The molecule has 0 aliphatic carbocycles. The molecule has 0 fully saturated rings. The van der Waals surface area contributed by atoms with E-state index in [9.17, 15) is 0 Å². The Balaban J connectivity index is 2.12. The molecule has 0 saturated heterocycles. The summed E-state index contributed by atoms with van der Waals surface area (Å²) in [4.78, 5) is 3.06. The second-order valence-electron chi connectivity index (χ2n) is 3.58. The van der Waals surface area contributed by atoms with Crippen molar-refractivity contribution in [3.63, 3.8) is 0 Å². The van der Waals surface area contributed by atoms with Crippen molar-refractivity contribution in [3.05, 3.63) is 21.9 Å². The first-order valence-electron chi connectivity index (χ1n) is 5.65. The van der Waals surface area contributed by atoms with Crippen LogP contribution in [0.5, 0.6) is 0 Å². The van der Waals surface area contributed by atoms with Gasteiger partial charge in [0, 0.05) is 9.75 Å². The summed E-state index contributed by atoms with van der Waals surface area (Å²) >= 11 is 1.97. The van der Waals surface area contributed by atoms with Crippen LogP contribution in [0, 0.1) is 0 Å². The topological polar surface area (TPSA) is 12.0 Å². The van der Waals surface area contributed by atoms with Gasteiger partial charge in [0.2, 0.25) is 0 Å². The molecular formula is C12H21NS. The molecule has 1 aromatic rings. The van der Waals surface area contributed by atoms with Crippen LogP contribution in [0.1, 0.15) is 36.4 Å². The highest BCUT2D eigenvalue weighted by Crippen LogP contribution is 2.17. The van der Waals surface area contributed by atoms with Crippen molar-refractivity contribution in [1.82, 2.24) is 5.32 Å². The highest BCUT2D eigenvalue weighted by atomic mass is 32.1. The summed E-state index contributed by atoms with van der Waals surface area (Å²) in [7, 11) is 0. The number of nitrogens with one attached hydrogen (secondary N) is 1. The van der Waals surface area contributed by atoms with E-state index in [0.29, 0.717) is 0 Å². The largest absolute Gasteiger partial charge is 0.317 e. The van der Waals surface area contributed by atoms with Crippen molar-refractivity contribution in [2.24, 2.45) is 0 Å². The summed E-state index contributed by atoms with van der Waals surface area (Å²) < 4.78 is 0. The molecular weight excluding hydrogens is 190 g/mol. The molecule has 0 saturated carbocycles. The molecule has 0 amide bonds. The summed E-state index contributed by atoms with van der Waals surface area (Å²) in [5, 5.41) is 3.43. The summed E-state index contributed by atoms with van der Waals surface area (Å²) in [6.45, 7) is 6.75. The molecule has 0 atom stereocenters. The van der Waals surface area contributed by atoms with Gasteiger partial charge in [0.25, 0.3) is 0 Å². The summed E-state index contributed by atoms with van der Waals surface area (Å²) in [5.74, 6) is 0. The lowest BCUT2D eigenvalue weighted by molar-refractivity contribution is 0.642. The minimum absolute atomic E-state index is 1.16. The molecule has 0 aromatic carbocycles. The van der Waals surface area contributed by atoms with Gasteiger partial charge in [0.05, 0.1) is 0 Å². The first-order chi connectivity index (χ1) is 6.86. The van der Waals surface area contributed by atoms with E-state index < -0.39 is 0 Å². The standard InChI is InChI=1S/C12H21NS/c1-3-9-13-10-5-6-12-8-7-11(4-2)14-12/h7-8,13H,3-6,9-10H2,1-2H3. The van der Waals surface area contributed by atoms with E-state index in [0.717, 1.165) is 13.1 Å². The third-order valence-electron chi connectivity index (χ3n) is 2.27. The van der Waals surface area contributed by atoms with Crippen LogP contribution in [-0.4, -0.2) is 13.1 Å². The average molecular weight is 211 g/mol. The van der Waals surface area contributed by atoms with E-state index in [4.69, 9.17) is 0 Å². The molecule has 80 valence electrons. The minimum atomic E-state index is 1.16. The molecule has 0 aliphatic rings. The van der Waals surface area contributed by atoms with Crippen LogP contribution in [0.3, 0.4) is 0 Å². The maximum Gasteiger partial charge on any atom is 0.00486 e. The summed E-state index contributed by atoms with van der Waals surface area (Å²) in [5.41, 5.74) is 0. The van der Waals surface area contributed by atoms with Crippen molar-refractivity contribution in [2.75, 3.05) is 13.1 Å². The lowest BCUT2D eigenvalue weighted by atomic mass is 10.2. The lowest BCUT2D eigenvalue weighted by Gasteiger charge is -2.00. The Kier molecular flexibility index (Phi) is 5.88. The zero-order chi connectivity index (χ0) is 10.2. The van der Waals surface area contributed by atoms with Crippen LogP contribution in [0.2, 0.25) is 0 Å². The van der Waals surface area contributed by atoms with Crippen LogP contribution in [0.4, 0.5) is 0 Å².